The first-order valence-corrected chi connectivity index (χ1v) is 19.3. The van der Waals surface area contributed by atoms with E-state index in [2.05, 4.69) is 92.4 Å². The molecule has 0 bridgehead atoms. The first-order valence-electron chi connectivity index (χ1n) is 16.8. The third-order valence-electron chi connectivity index (χ3n) is 9.94. The molecule has 0 aromatic heterocycles. The molecule has 1 unspecified atom stereocenters. The number of ether oxygens (including phenoxy) is 4. The highest BCUT2D eigenvalue weighted by Gasteiger charge is 2.57. The summed E-state index contributed by atoms with van der Waals surface area (Å²) in [4.78, 5) is 11.8. The number of allylic oxidation sites excluding steroid dienone is 3. The van der Waals surface area contributed by atoms with E-state index in [1.807, 2.05) is 7.11 Å². The van der Waals surface area contributed by atoms with Crippen molar-refractivity contribution in [3.8, 4) is 0 Å². The molecule has 2 heterocycles. The zero-order chi connectivity index (χ0) is 32.2. The molecular formula is C35H63NO6Si. The highest BCUT2D eigenvalue weighted by atomic mass is 28.4. The minimum Gasteiger partial charge on any atom is -0.445 e. The maximum absolute atomic E-state index is 11.8. The zero-order valence-electron chi connectivity index (χ0n) is 28.9. The van der Waals surface area contributed by atoms with Crippen LogP contribution in [0.15, 0.2) is 36.5 Å². The Morgan fingerprint density at radius 3 is 2.44 bits per heavy atom. The normalized spacial score (nSPS) is 29.4. The van der Waals surface area contributed by atoms with Gasteiger partial charge in [-0.3, -0.25) is 0 Å². The Hall–Kier alpha value is -1.45. The van der Waals surface area contributed by atoms with E-state index in [0.717, 1.165) is 37.4 Å². The standard InChI is InChI=1S/C35H63NO6Si/c1-12-21-39-34(37)36-23-30-20-19-27(7)31(40-24-30)26(6)18-16-17-25(5)22-35(10)33(41-35)28(8)32(38-11)29(9)42-43(13-2,14-3)15-4/h12,16-18,25,27-33H,1,13-15,19-24H2,2-11H3,(H,36,37)/b17-16+,26-18+/t25-,27+,28-,29?,30-,31-,32-,33-,35-/m1/s1. The van der Waals surface area contributed by atoms with Gasteiger partial charge in [0.1, 0.15) is 6.61 Å². The first-order chi connectivity index (χ1) is 20.4. The topological polar surface area (TPSA) is 78.6 Å². The van der Waals surface area contributed by atoms with E-state index in [0.29, 0.717) is 25.0 Å². The minimum atomic E-state index is -1.71. The summed E-state index contributed by atoms with van der Waals surface area (Å²) in [5.74, 6) is 1.33. The van der Waals surface area contributed by atoms with Crippen LogP contribution in [0, 0.1) is 23.7 Å². The largest absolute Gasteiger partial charge is 0.445 e. The highest BCUT2D eigenvalue weighted by Crippen LogP contribution is 2.47. The lowest BCUT2D eigenvalue weighted by atomic mass is 9.85. The number of epoxide rings is 1. The van der Waals surface area contributed by atoms with Gasteiger partial charge in [0.05, 0.1) is 36.6 Å². The van der Waals surface area contributed by atoms with Crippen molar-refractivity contribution < 1.29 is 28.2 Å². The molecule has 2 fully saturated rings. The van der Waals surface area contributed by atoms with Gasteiger partial charge in [0.25, 0.3) is 0 Å². The lowest BCUT2D eigenvalue weighted by Crippen LogP contribution is -2.46. The van der Waals surface area contributed by atoms with Crippen LogP contribution < -0.4 is 5.32 Å². The van der Waals surface area contributed by atoms with Crippen LogP contribution in [0.25, 0.3) is 0 Å². The predicted octanol–water partition coefficient (Wildman–Crippen LogP) is 8.08. The van der Waals surface area contributed by atoms with Crippen LogP contribution in [0.5, 0.6) is 0 Å². The molecule has 1 N–H and O–H groups in total. The third kappa shape index (κ3) is 11.1. The smallest absolute Gasteiger partial charge is 0.407 e. The SMILES string of the molecule is C=CCOC(=O)NC[C@H]1CC[C@H](C)[C@@H](/C(C)=C/C=C/[C@@H](C)C[C@@]2(C)O[C@@H]2[C@H](C)[C@@H](OC)C(C)O[Si](CC)(CC)CC)OC1. The molecule has 0 aromatic carbocycles. The molecule has 8 heteroatoms. The number of amides is 1. The fourth-order valence-electron chi connectivity index (χ4n) is 7.04. The van der Waals surface area contributed by atoms with Crippen molar-refractivity contribution in [3.63, 3.8) is 0 Å². The highest BCUT2D eigenvalue weighted by molar-refractivity contribution is 6.73. The number of carbonyl (C=O) groups excluding carboxylic acids is 1. The van der Waals surface area contributed by atoms with Crippen molar-refractivity contribution in [3.05, 3.63) is 36.5 Å². The molecule has 2 aliphatic heterocycles. The summed E-state index contributed by atoms with van der Waals surface area (Å²) in [5.41, 5.74) is 1.09. The van der Waals surface area contributed by atoms with Crippen molar-refractivity contribution in [1.29, 1.82) is 0 Å². The molecule has 2 rings (SSSR count). The summed E-state index contributed by atoms with van der Waals surface area (Å²) in [5, 5.41) is 2.85. The molecule has 7 nitrogen and oxygen atoms in total. The van der Waals surface area contributed by atoms with E-state index >= 15 is 0 Å². The number of nitrogens with one attached hydrogen (secondary N) is 1. The molecule has 2 saturated heterocycles. The number of hydrogen-bond acceptors (Lipinski definition) is 6. The summed E-state index contributed by atoms with van der Waals surface area (Å²) in [7, 11) is 0.102. The number of methoxy groups -OCH3 is 1. The predicted molar refractivity (Wildman–Crippen MR) is 179 cm³/mol. The van der Waals surface area contributed by atoms with E-state index in [1.165, 1.54) is 5.57 Å². The lowest BCUT2D eigenvalue weighted by Gasteiger charge is -2.36. The van der Waals surface area contributed by atoms with Gasteiger partial charge < -0.3 is 28.7 Å². The molecule has 0 aromatic rings. The van der Waals surface area contributed by atoms with Crippen molar-refractivity contribution in [2.45, 2.75) is 130 Å². The molecule has 1 amide bonds. The molecule has 0 aliphatic carbocycles. The fraction of sp³-hybridized carbons (Fsp3) is 0.800. The second-order valence-electron chi connectivity index (χ2n) is 13.4. The summed E-state index contributed by atoms with van der Waals surface area (Å²) in [6, 6.07) is 3.43. The number of alkyl carbamates (subject to hydrolysis) is 1. The Morgan fingerprint density at radius 2 is 1.84 bits per heavy atom. The molecule has 0 spiro atoms. The van der Waals surface area contributed by atoms with Crippen LogP contribution in [-0.2, 0) is 23.4 Å². The van der Waals surface area contributed by atoms with E-state index in [9.17, 15) is 4.79 Å². The molecule has 2 aliphatic rings. The van der Waals surface area contributed by atoms with Crippen molar-refractivity contribution in [2.75, 3.05) is 26.9 Å². The van der Waals surface area contributed by atoms with Gasteiger partial charge in [-0.2, -0.15) is 0 Å². The molecule has 0 saturated carbocycles. The number of hydrogen-bond donors (Lipinski definition) is 1. The van der Waals surface area contributed by atoms with Gasteiger partial charge in [-0.15, -0.1) is 0 Å². The number of rotatable bonds is 18. The Labute approximate surface area is 264 Å². The lowest BCUT2D eigenvalue weighted by molar-refractivity contribution is -0.0327. The maximum atomic E-state index is 11.8. The molecule has 248 valence electrons. The maximum Gasteiger partial charge on any atom is 0.407 e. The fourth-order valence-corrected chi connectivity index (χ4v) is 9.97. The van der Waals surface area contributed by atoms with Crippen LogP contribution in [0.4, 0.5) is 4.79 Å². The second-order valence-corrected chi connectivity index (χ2v) is 18.1. The van der Waals surface area contributed by atoms with E-state index in [1.54, 1.807) is 6.08 Å². The van der Waals surface area contributed by atoms with Crippen molar-refractivity contribution in [1.82, 2.24) is 5.32 Å². The zero-order valence-corrected chi connectivity index (χ0v) is 29.9. The molecule has 0 radical (unpaired) electrons. The van der Waals surface area contributed by atoms with Crippen LogP contribution in [-0.4, -0.2) is 71.3 Å². The van der Waals surface area contributed by atoms with E-state index in [4.69, 9.17) is 23.4 Å². The minimum absolute atomic E-state index is 0.0165. The second kappa shape index (κ2) is 17.9. The summed E-state index contributed by atoms with van der Waals surface area (Å²) in [6.45, 7) is 25.2. The Balaban J connectivity index is 1.88. The van der Waals surface area contributed by atoms with Crippen LogP contribution in [0.3, 0.4) is 0 Å². The van der Waals surface area contributed by atoms with Gasteiger partial charge in [0.15, 0.2) is 8.32 Å². The molecular weight excluding hydrogens is 558 g/mol. The first kappa shape index (κ1) is 37.7. The molecule has 9 atom stereocenters. The van der Waals surface area contributed by atoms with Gasteiger partial charge in [-0.05, 0) is 81.5 Å². The Kier molecular flexibility index (Phi) is 15.7. The van der Waals surface area contributed by atoms with Crippen LogP contribution in [0.2, 0.25) is 18.1 Å². The van der Waals surface area contributed by atoms with Gasteiger partial charge in [-0.1, -0.05) is 72.4 Å². The van der Waals surface area contributed by atoms with Crippen LogP contribution >= 0.6 is 0 Å². The Morgan fingerprint density at radius 1 is 1.16 bits per heavy atom. The number of carbonyl (C=O) groups is 1. The van der Waals surface area contributed by atoms with Gasteiger partial charge >= 0.3 is 6.09 Å². The summed E-state index contributed by atoms with van der Waals surface area (Å²) in [6.07, 6.45) is 11.2. The van der Waals surface area contributed by atoms with Gasteiger partial charge in [0.2, 0.25) is 0 Å². The average Bonchev–Trinajstić information content (AvgIpc) is 3.69. The summed E-state index contributed by atoms with van der Waals surface area (Å²) < 4.78 is 30.5. The van der Waals surface area contributed by atoms with E-state index < -0.39 is 14.4 Å². The van der Waals surface area contributed by atoms with Crippen molar-refractivity contribution in [2.24, 2.45) is 23.7 Å². The molecule has 43 heavy (non-hydrogen) atoms. The van der Waals surface area contributed by atoms with Crippen molar-refractivity contribution >= 4 is 14.4 Å². The van der Waals surface area contributed by atoms with Gasteiger partial charge in [0, 0.05) is 19.6 Å². The Bertz CT molecular complexity index is 912. The summed E-state index contributed by atoms with van der Waals surface area (Å²) >= 11 is 0. The van der Waals surface area contributed by atoms with Crippen LogP contribution in [0.1, 0.15) is 81.6 Å². The monoisotopic (exact) mass is 621 g/mol. The van der Waals surface area contributed by atoms with Gasteiger partial charge in [-0.25, -0.2) is 4.79 Å². The third-order valence-corrected chi connectivity index (χ3v) is 14.7. The van der Waals surface area contributed by atoms with E-state index in [-0.39, 0.29) is 48.5 Å². The quantitative estimate of drug-likeness (QED) is 0.0722. The average molecular weight is 622 g/mol.